The number of rotatable bonds is 8. The van der Waals surface area contributed by atoms with Gasteiger partial charge in [-0.3, -0.25) is 4.98 Å². The number of hydrogen-bond donors (Lipinski definition) is 4. The van der Waals surface area contributed by atoms with Gasteiger partial charge in [-0.1, -0.05) is 0 Å². The van der Waals surface area contributed by atoms with E-state index in [0.717, 1.165) is 28.7 Å². The molecule has 10 nitrogen and oxygen atoms in total. The minimum atomic E-state index is -3.48. The Morgan fingerprint density at radius 3 is 2.54 bits per heavy atom. The number of nitrogens with zero attached hydrogens (tertiary/aromatic N) is 4. The molecule has 0 aromatic carbocycles. The lowest BCUT2D eigenvalue weighted by Gasteiger charge is -2.36. The van der Waals surface area contributed by atoms with Gasteiger partial charge in [0.05, 0.1) is 26.4 Å². The van der Waals surface area contributed by atoms with Crippen LogP contribution in [0.15, 0.2) is 12.3 Å². The summed E-state index contributed by atoms with van der Waals surface area (Å²) < 4.78 is 24.7. The molecule has 3 aromatic heterocycles. The molecule has 0 bridgehead atoms. The molecule has 0 amide bonds. The normalized spacial score (nSPS) is 24.5. The quantitative estimate of drug-likeness (QED) is 0.310. The second-order valence-electron chi connectivity index (χ2n) is 11.0. The lowest BCUT2D eigenvalue weighted by atomic mass is 9.90. The predicted octanol–water partition coefficient (Wildman–Crippen LogP) is 3.28. The summed E-state index contributed by atoms with van der Waals surface area (Å²) in [5.41, 5.74) is 1.13. The molecule has 2 fully saturated rings. The number of anilines is 2. The summed E-state index contributed by atoms with van der Waals surface area (Å²) in [6.07, 6.45) is 4.43. The van der Waals surface area contributed by atoms with Crippen LogP contribution in [0.25, 0.3) is 20.8 Å². The summed E-state index contributed by atoms with van der Waals surface area (Å²) in [4.78, 5) is 18.5. The monoisotopic (exact) mass is 546 g/mol. The van der Waals surface area contributed by atoms with E-state index in [-0.39, 0.29) is 6.42 Å². The number of aromatic nitrogens is 4. The van der Waals surface area contributed by atoms with Gasteiger partial charge in [0.1, 0.15) is 22.4 Å². The van der Waals surface area contributed by atoms with Crippen LogP contribution in [0.4, 0.5) is 11.8 Å². The van der Waals surface area contributed by atoms with Crippen molar-refractivity contribution in [3.8, 4) is 10.6 Å². The molecule has 4 N–H and O–H groups in total. The van der Waals surface area contributed by atoms with Crippen LogP contribution >= 0.6 is 11.3 Å². The van der Waals surface area contributed by atoms with E-state index < -0.39 is 32.3 Å². The van der Waals surface area contributed by atoms with E-state index in [1.807, 2.05) is 19.9 Å². The van der Waals surface area contributed by atoms with Crippen LogP contribution < -0.4 is 10.6 Å². The largest absolute Gasteiger partial charge is 0.388 e. The highest BCUT2D eigenvalue weighted by Gasteiger charge is 2.55. The highest BCUT2D eigenvalue weighted by Crippen LogP contribution is 2.45. The number of nitrogens with one attached hydrogen (secondary N) is 2. The third kappa shape index (κ3) is 4.80. The van der Waals surface area contributed by atoms with Crippen molar-refractivity contribution in [3.05, 3.63) is 23.7 Å². The summed E-state index contributed by atoms with van der Waals surface area (Å²) in [7, 11) is -3.48. The number of aliphatic hydroxyl groups is 2. The van der Waals surface area contributed by atoms with Gasteiger partial charge in [0.25, 0.3) is 0 Å². The van der Waals surface area contributed by atoms with E-state index >= 15 is 0 Å². The number of hydrogen-bond acceptors (Lipinski definition) is 11. The van der Waals surface area contributed by atoms with Crippen molar-refractivity contribution >= 4 is 43.2 Å². The molecule has 2 aliphatic rings. The second kappa shape index (κ2) is 9.11. The molecule has 0 radical (unpaired) electrons. The van der Waals surface area contributed by atoms with Crippen molar-refractivity contribution in [3.63, 3.8) is 0 Å². The molecule has 12 heteroatoms. The van der Waals surface area contributed by atoms with E-state index in [4.69, 9.17) is 9.97 Å². The number of fused-ring (bicyclic) bond motifs is 1. The Morgan fingerprint density at radius 2 is 1.89 bits per heavy atom. The summed E-state index contributed by atoms with van der Waals surface area (Å²) in [6.45, 7) is 7.73. The van der Waals surface area contributed by atoms with Crippen LogP contribution in [0.1, 0.15) is 50.9 Å². The van der Waals surface area contributed by atoms with E-state index in [1.54, 1.807) is 20.0 Å². The standard InChI is InChI=1S/C25H34N6O4S2/c1-13-18(22-29-19-14(2)26-11-9-17(19)36-22)21(30-23(28-13)27-12-15-6-7-15)31-25(33)10-8-16(20(25)32)24(3,4)37(5,34)35/h9,11,15-16,20,32-33H,6-8,10,12H2,1-5H3,(H2,27,28,30,31)/t16-,20+,25+/m0/s1. The third-order valence-corrected chi connectivity index (χ3v) is 11.2. The fourth-order valence-corrected chi connectivity index (χ4v) is 6.91. The zero-order chi connectivity index (χ0) is 26.8. The molecule has 2 saturated carbocycles. The number of pyridine rings is 1. The first kappa shape index (κ1) is 26.2. The number of sulfone groups is 1. The summed E-state index contributed by atoms with van der Waals surface area (Å²) >= 11 is 1.48. The third-order valence-electron chi connectivity index (χ3n) is 7.93. The van der Waals surface area contributed by atoms with Crippen LogP contribution in [0.5, 0.6) is 0 Å². The van der Waals surface area contributed by atoms with Crippen molar-refractivity contribution in [1.29, 1.82) is 0 Å². The molecular formula is C25H34N6O4S2. The zero-order valence-corrected chi connectivity index (χ0v) is 23.4. The van der Waals surface area contributed by atoms with Gasteiger partial charge in [0.2, 0.25) is 5.95 Å². The summed E-state index contributed by atoms with van der Waals surface area (Å²) in [5, 5.41) is 29.9. The van der Waals surface area contributed by atoms with Crippen molar-refractivity contribution in [2.45, 2.75) is 70.0 Å². The number of aliphatic hydroxyl groups excluding tert-OH is 1. The minimum Gasteiger partial charge on any atom is -0.388 e. The number of aryl methyl sites for hydroxylation is 2. The molecule has 2 aliphatic carbocycles. The van der Waals surface area contributed by atoms with Gasteiger partial charge < -0.3 is 20.8 Å². The van der Waals surface area contributed by atoms with Crippen LogP contribution in [-0.2, 0) is 9.84 Å². The van der Waals surface area contributed by atoms with Crippen LogP contribution in [0.3, 0.4) is 0 Å². The Labute approximate surface area is 220 Å². The fraction of sp³-hybridized carbons (Fsp3) is 0.600. The average Bonchev–Trinajstić information content (AvgIpc) is 3.45. The molecule has 0 spiro atoms. The Kier molecular flexibility index (Phi) is 6.45. The molecule has 200 valence electrons. The average molecular weight is 547 g/mol. The van der Waals surface area contributed by atoms with Crippen molar-refractivity contribution < 1.29 is 18.6 Å². The fourth-order valence-electron chi connectivity index (χ4n) is 5.00. The lowest BCUT2D eigenvalue weighted by Crippen LogP contribution is -2.52. The van der Waals surface area contributed by atoms with Gasteiger partial charge in [0.15, 0.2) is 15.6 Å². The maximum Gasteiger partial charge on any atom is 0.224 e. The summed E-state index contributed by atoms with van der Waals surface area (Å²) in [5.74, 6) is 0.725. The molecule has 0 unspecified atom stereocenters. The first-order valence-corrected chi connectivity index (χ1v) is 15.2. The lowest BCUT2D eigenvalue weighted by molar-refractivity contribution is -0.0517. The van der Waals surface area contributed by atoms with Crippen molar-refractivity contribution in [1.82, 2.24) is 19.9 Å². The van der Waals surface area contributed by atoms with E-state index in [2.05, 4.69) is 20.6 Å². The molecule has 5 rings (SSSR count). The Bertz CT molecular complexity index is 1450. The molecule has 3 aromatic rings. The van der Waals surface area contributed by atoms with Gasteiger partial charge in [-0.15, -0.1) is 11.3 Å². The van der Waals surface area contributed by atoms with Gasteiger partial charge in [-0.2, -0.15) is 4.98 Å². The van der Waals surface area contributed by atoms with Crippen LogP contribution in [-0.4, -0.2) is 67.9 Å². The Morgan fingerprint density at radius 1 is 1.16 bits per heavy atom. The smallest absolute Gasteiger partial charge is 0.224 e. The Balaban J connectivity index is 1.55. The highest BCUT2D eigenvalue weighted by molar-refractivity contribution is 7.92. The molecule has 0 saturated heterocycles. The topological polar surface area (TPSA) is 150 Å². The van der Waals surface area contributed by atoms with Crippen LogP contribution in [0, 0.1) is 25.7 Å². The van der Waals surface area contributed by atoms with E-state index in [0.29, 0.717) is 40.4 Å². The second-order valence-corrected chi connectivity index (χ2v) is 14.6. The van der Waals surface area contributed by atoms with Crippen molar-refractivity contribution in [2.75, 3.05) is 23.4 Å². The first-order valence-electron chi connectivity index (χ1n) is 12.5. The number of thiazole rings is 1. The first-order chi connectivity index (χ1) is 17.3. The highest BCUT2D eigenvalue weighted by atomic mass is 32.2. The van der Waals surface area contributed by atoms with Gasteiger partial charge >= 0.3 is 0 Å². The molecule has 37 heavy (non-hydrogen) atoms. The Hall–Kier alpha value is -2.41. The van der Waals surface area contributed by atoms with E-state index in [9.17, 15) is 18.6 Å². The molecular weight excluding hydrogens is 512 g/mol. The van der Waals surface area contributed by atoms with Gasteiger partial charge in [-0.25, -0.2) is 18.4 Å². The zero-order valence-electron chi connectivity index (χ0n) is 21.7. The van der Waals surface area contributed by atoms with Crippen molar-refractivity contribution in [2.24, 2.45) is 11.8 Å². The predicted molar refractivity (Wildman–Crippen MR) is 145 cm³/mol. The summed E-state index contributed by atoms with van der Waals surface area (Å²) in [6, 6.07) is 1.91. The van der Waals surface area contributed by atoms with Gasteiger partial charge in [0, 0.05) is 24.9 Å². The SMILES string of the molecule is Cc1nc(NCC2CC2)nc(N[C@@]2(O)CC[C@H](C(C)(C)S(C)(=O)=O)[C@H]2O)c1-c1nc2c(C)nccc2s1. The molecule has 0 aliphatic heterocycles. The molecule has 3 heterocycles. The molecule has 3 atom stereocenters. The maximum absolute atomic E-state index is 12.5. The van der Waals surface area contributed by atoms with Gasteiger partial charge in [-0.05, 0) is 65.4 Å². The minimum absolute atomic E-state index is 0.161. The maximum atomic E-state index is 12.5. The van der Waals surface area contributed by atoms with E-state index in [1.165, 1.54) is 24.2 Å². The van der Waals surface area contributed by atoms with Crippen LogP contribution in [0.2, 0.25) is 0 Å².